The van der Waals surface area contributed by atoms with E-state index in [2.05, 4.69) is 20.9 Å². The number of benzene rings is 1. The zero-order valence-corrected chi connectivity index (χ0v) is 13.1. The minimum absolute atomic E-state index is 0.0795. The molecule has 2 rings (SSSR count). The van der Waals surface area contributed by atoms with Gasteiger partial charge in [-0.25, -0.2) is 4.98 Å². The highest BCUT2D eigenvalue weighted by atomic mass is 79.9. The van der Waals surface area contributed by atoms with Crippen LogP contribution in [0, 0.1) is 5.41 Å². The van der Waals surface area contributed by atoms with Crippen molar-refractivity contribution in [3.8, 4) is 11.5 Å². The molecule has 4 N–H and O–H groups in total. The van der Waals surface area contributed by atoms with Gasteiger partial charge in [-0.15, -0.1) is 4.73 Å². The Hall–Kier alpha value is -2.22. The van der Waals surface area contributed by atoms with Crippen LogP contribution in [0.3, 0.4) is 0 Å². The van der Waals surface area contributed by atoms with E-state index in [1.54, 1.807) is 14.2 Å². The van der Waals surface area contributed by atoms with Gasteiger partial charge in [0.2, 0.25) is 0 Å². The molecule has 7 nitrogen and oxygen atoms in total. The van der Waals surface area contributed by atoms with Crippen molar-refractivity contribution < 1.29 is 14.7 Å². The second-order valence-corrected chi connectivity index (χ2v) is 5.09. The molecule has 0 atom stereocenters. The summed E-state index contributed by atoms with van der Waals surface area (Å²) in [6.07, 6.45) is 1.88. The fourth-order valence-corrected chi connectivity index (χ4v) is 2.44. The first-order valence-electron chi connectivity index (χ1n) is 5.98. The van der Waals surface area contributed by atoms with Gasteiger partial charge in [-0.3, -0.25) is 5.41 Å². The van der Waals surface area contributed by atoms with E-state index >= 15 is 0 Å². The molecule has 1 aromatic heterocycles. The van der Waals surface area contributed by atoms with E-state index in [0.717, 1.165) is 10.0 Å². The van der Waals surface area contributed by atoms with Crippen molar-refractivity contribution in [3.63, 3.8) is 0 Å². The summed E-state index contributed by atoms with van der Waals surface area (Å²) in [7, 11) is 3.13. The van der Waals surface area contributed by atoms with Crippen LogP contribution >= 0.6 is 15.9 Å². The molecule has 0 aliphatic rings. The van der Waals surface area contributed by atoms with Gasteiger partial charge in [0.1, 0.15) is 21.8 Å². The molecule has 0 amide bonds. The largest absolute Gasteiger partial charge is 0.495 e. The predicted octanol–water partition coefficient (Wildman–Crippen LogP) is 1.55. The van der Waals surface area contributed by atoms with Crippen LogP contribution < -0.4 is 20.8 Å². The third-order valence-corrected chi connectivity index (χ3v) is 3.78. The lowest BCUT2D eigenvalue weighted by molar-refractivity contribution is 0.171. The predicted molar refractivity (Wildman–Crippen MR) is 79.7 cm³/mol. The highest BCUT2D eigenvalue weighted by molar-refractivity contribution is 9.10. The number of nitrogen functional groups attached to an aromatic ring is 1. The number of rotatable bonds is 4. The molecule has 1 aromatic carbocycles. The average molecular weight is 355 g/mol. The molecule has 0 aliphatic heterocycles. The molecule has 0 saturated carbocycles. The Kier molecular flexibility index (Phi) is 4.37. The van der Waals surface area contributed by atoms with Gasteiger partial charge in [-0.1, -0.05) is 0 Å². The molecule has 0 radical (unpaired) electrons. The minimum atomic E-state index is -0.317. The zero-order chi connectivity index (χ0) is 15.6. The molecular formula is C13H15BrN4O3. The maximum atomic E-state index is 9.60. The summed E-state index contributed by atoms with van der Waals surface area (Å²) in [4.78, 5) is 3.77. The van der Waals surface area contributed by atoms with Crippen molar-refractivity contribution >= 4 is 21.7 Å². The monoisotopic (exact) mass is 354 g/mol. The summed E-state index contributed by atoms with van der Waals surface area (Å²) in [5.41, 5.74) is 6.94. The van der Waals surface area contributed by atoms with E-state index < -0.39 is 0 Å². The maximum absolute atomic E-state index is 9.60. The van der Waals surface area contributed by atoms with E-state index in [1.165, 1.54) is 6.20 Å². The summed E-state index contributed by atoms with van der Waals surface area (Å²) in [6, 6.07) is 3.67. The molecular weight excluding hydrogens is 340 g/mol. The molecule has 2 aromatic rings. The number of hydrogen-bond donors (Lipinski definition) is 3. The fraction of sp³-hybridized carbons (Fsp3) is 0.231. The molecule has 112 valence electrons. The SMILES string of the molecule is COc1cc(Cc2cnc(=N)n(O)c2N)cc(OC)c1Br. The van der Waals surface area contributed by atoms with E-state index in [1.807, 2.05) is 12.1 Å². The van der Waals surface area contributed by atoms with Gasteiger partial charge < -0.3 is 20.4 Å². The summed E-state index contributed by atoms with van der Waals surface area (Å²) >= 11 is 3.40. The van der Waals surface area contributed by atoms with E-state index in [0.29, 0.717) is 28.2 Å². The van der Waals surface area contributed by atoms with Crippen LogP contribution in [0.5, 0.6) is 11.5 Å². The summed E-state index contributed by atoms with van der Waals surface area (Å²) in [5.74, 6) is 1.34. The van der Waals surface area contributed by atoms with Crippen molar-refractivity contribution in [1.29, 1.82) is 5.41 Å². The third kappa shape index (κ3) is 2.94. The Bertz CT molecular complexity index is 705. The van der Waals surface area contributed by atoms with Crippen molar-refractivity contribution in [1.82, 2.24) is 9.71 Å². The number of aromatic nitrogens is 2. The quantitative estimate of drug-likeness (QED) is 0.722. The Morgan fingerprint density at radius 3 is 2.43 bits per heavy atom. The van der Waals surface area contributed by atoms with Gasteiger partial charge in [-0.2, -0.15) is 0 Å². The standard InChI is InChI=1S/C13H15BrN4O3/c1-20-9-4-7(5-10(21-2)11(9)14)3-8-6-17-13(16)18(19)12(8)15/h4-6,16,19H,3,15H2,1-2H3. The first kappa shape index (κ1) is 15.2. The molecule has 0 spiro atoms. The number of hydrogen-bond acceptors (Lipinski definition) is 6. The summed E-state index contributed by atoms with van der Waals surface area (Å²) in [6.45, 7) is 0. The van der Waals surface area contributed by atoms with Gasteiger partial charge in [-0.05, 0) is 33.6 Å². The van der Waals surface area contributed by atoms with Crippen molar-refractivity contribution in [2.45, 2.75) is 6.42 Å². The molecule has 0 bridgehead atoms. The second kappa shape index (κ2) is 6.04. The van der Waals surface area contributed by atoms with E-state index in [-0.39, 0.29) is 11.4 Å². The van der Waals surface area contributed by atoms with Gasteiger partial charge in [0.25, 0.3) is 5.62 Å². The Morgan fingerprint density at radius 1 is 1.33 bits per heavy atom. The molecule has 0 unspecified atom stereocenters. The maximum Gasteiger partial charge on any atom is 0.257 e. The van der Waals surface area contributed by atoms with Crippen molar-refractivity contribution in [3.05, 3.63) is 39.5 Å². The number of nitrogens with zero attached hydrogens (tertiary/aromatic N) is 2. The van der Waals surface area contributed by atoms with Gasteiger partial charge in [0.15, 0.2) is 0 Å². The van der Waals surface area contributed by atoms with E-state index in [4.69, 9.17) is 20.6 Å². The molecule has 0 fully saturated rings. The number of nitrogens with two attached hydrogens (primary N) is 1. The fourth-order valence-electron chi connectivity index (χ4n) is 1.89. The zero-order valence-electron chi connectivity index (χ0n) is 11.6. The molecule has 1 heterocycles. The van der Waals surface area contributed by atoms with Crippen LogP contribution in [-0.4, -0.2) is 29.1 Å². The smallest absolute Gasteiger partial charge is 0.257 e. The topological polar surface area (TPSA) is 106 Å². The van der Waals surface area contributed by atoms with Gasteiger partial charge in [0, 0.05) is 18.2 Å². The number of halogens is 1. The number of anilines is 1. The summed E-state index contributed by atoms with van der Waals surface area (Å²) in [5, 5.41) is 17.0. The number of ether oxygens (including phenoxy) is 2. The number of methoxy groups -OCH3 is 2. The van der Waals surface area contributed by atoms with Crippen LogP contribution in [0.2, 0.25) is 0 Å². The Morgan fingerprint density at radius 2 is 1.90 bits per heavy atom. The highest BCUT2D eigenvalue weighted by Crippen LogP contribution is 2.36. The minimum Gasteiger partial charge on any atom is -0.495 e. The third-order valence-electron chi connectivity index (χ3n) is 3.00. The lowest BCUT2D eigenvalue weighted by Crippen LogP contribution is -2.24. The van der Waals surface area contributed by atoms with Crippen LogP contribution in [0.1, 0.15) is 11.1 Å². The molecule has 0 aliphatic carbocycles. The normalized spacial score (nSPS) is 10.4. The van der Waals surface area contributed by atoms with Gasteiger partial charge in [0.05, 0.1) is 14.2 Å². The van der Waals surface area contributed by atoms with Crippen molar-refractivity contribution in [2.75, 3.05) is 20.0 Å². The number of nitrogens with one attached hydrogen (secondary N) is 1. The first-order chi connectivity index (χ1) is 9.97. The summed E-state index contributed by atoms with van der Waals surface area (Å²) < 4.78 is 11.8. The Labute approximate surface area is 129 Å². The molecule has 21 heavy (non-hydrogen) atoms. The van der Waals surface area contributed by atoms with Crippen LogP contribution in [0.25, 0.3) is 0 Å². The first-order valence-corrected chi connectivity index (χ1v) is 6.77. The lowest BCUT2D eigenvalue weighted by Gasteiger charge is -2.13. The molecule has 0 saturated heterocycles. The highest BCUT2D eigenvalue weighted by Gasteiger charge is 2.12. The Balaban J connectivity index is 2.45. The van der Waals surface area contributed by atoms with Crippen LogP contribution in [-0.2, 0) is 6.42 Å². The lowest BCUT2D eigenvalue weighted by atomic mass is 10.1. The van der Waals surface area contributed by atoms with Crippen LogP contribution in [0.4, 0.5) is 5.82 Å². The average Bonchev–Trinajstić information content (AvgIpc) is 2.49. The van der Waals surface area contributed by atoms with Crippen LogP contribution in [0.15, 0.2) is 22.8 Å². The second-order valence-electron chi connectivity index (χ2n) is 4.30. The van der Waals surface area contributed by atoms with E-state index in [9.17, 15) is 5.21 Å². The van der Waals surface area contributed by atoms with Gasteiger partial charge >= 0.3 is 0 Å². The molecule has 8 heteroatoms. The van der Waals surface area contributed by atoms with Crippen molar-refractivity contribution in [2.24, 2.45) is 0 Å².